The predicted molar refractivity (Wildman–Crippen MR) is 49.4 cm³/mol. The van der Waals surface area contributed by atoms with Crippen LogP contribution in [-0.4, -0.2) is 25.1 Å². The molecular formula is C9H15F3N2. The van der Waals surface area contributed by atoms with Crippen molar-refractivity contribution in [1.29, 1.82) is 0 Å². The van der Waals surface area contributed by atoms with Gasteiger partial charge in [0, 0.05) is 25.9 Å². The largest absolute Gasteiger partial charge is 0.389 e. The van der Waals surface area contributed by atoms with Gasteiger partial charge in [-0.05, 0) is 19.3 Å². The summed E-state index contributed by atoms with van der Waals surface area (Å²) in [7, 11) is 0. The van der Waals surface area contributed by atoms with Crippen LogP contribution in [-0.2, 0) is 0 Å². The van der Waals surface area contributed by atoms with Gasteiger partial charge in [0.1, 0.15) is 0 Å². The van der Waals surface area contributed by atoms with Crippen LogP contribution in [0.5, 0.6) is 0 Å². The standard InChI is InChI=1S/C9H15F3N2/c10-9(11,12)5-1-2-6-13-8-4-3-7-14-8/h1-7H2,(H,13,14). The Morgan fingerprint density at radius 1 is 1.29 bits per heavy atom. The summed E-state index contributed by atoms with van der Waals surface area (Å²) in [6.45, 7) is 1.46. The van der Waals surface area contributed by atoms with Crippen molar-refractivity contribution in [2.24, 2.45) is 4.99 Å². The number of rotatable bonds is 4. The molecule has 82 valence electrons. The van der Waals surface area contributed by atoms with E-state index in [9.17, 15) is 13.2 Å². The van der Waals surface area contributed by atoms with Crippen molar-refractivity contribution in [3.8, 4) is 0 Å². The van der Waals surface area contributed by atoms with Crippen LogP contribution in [0, 0.1) is 0 Å². The second kappa shape index (κ2) is 5.22. The van der Waals surface area contributed by atoms with Crippen molar-refractivity contribution < 1.29 is 13.2 Å². The fourth-order valence-electron chi connectivity index (χ4n) is 1.37. The smallest absolute Gasteiger partial charge is 0.374 e. The normalized spacial score (nSPS) is 16.9. The van der Waals surface area contributed by atoms with E-state index < -0.39 is 12.6 Å². The maximum Gasteiger partial charge on any atom is 0.389 e. The molecule has 0 unspecified atom stereocenters. The van der Waals surface area contributed by atoms with Crippen LogP contribution >= 0.6 is 0 Å². The molecule has 0 radical (unpaired) electrons. The summed E-state index contributed by atoms with van der Waals surface area (Å²) >= 11 is 0. The Morgan fingerprint density at radius 2 is 2.07 bits per heavy atom. The van der Waals surface area contributed by atoms with E-state index in [1.54, 1.807) is 0 Å². The maximum atomic E-state index is 11.7. The molecule has 1 aliphatic rings. The minimum absolute atomic E-state index is 0.198. The quantitative estimate of drug-likeness (QED) is 0.705. The highest BCUT2D eigenvalue weighted by Crippen LogP contribution is 2.21. The lowest BCUT2D eigenvalue weighted by Crippen LogP contribution is -2.22. The zero-order valence-electron chi connectivity index (χ0n) is 8.03. The molecule has 0 fully saturated rings. The van der Waals surface area contributed by atoms with Gasteiger partial charge >= 0.3 is 6.18 Å². The molecule has 0 spiro atoms. The molecule has 5 heteroatoms. The third-order valence-electron chi connectivity index (χ3n) is 2.09. The van der Waals surface area contributed by atoms with Gasteiger partial charge < -0.3 is 5.32 Å². The molecule has 1 aliphatic heterocycles. The molecule has 2 nitrogen and oxygen atoms in total. The highest BCUT2D eigenvalue weighted by Gasteiger charge is 2.25. The summed E-state index contributed by atoms with van der Waals surface area (Å²) in [5.41, 5.74) is 0. The molecule has 1 heterocycles. The van der Waals surface area contributed by atoms with Crippen LogP contribution in [0.4, 0.5) is 13.2 Å². The van der Waals surface area contributed by atoms with E-state index in [0.717, 1.165) is 25.2 Å². The first kappa shape index (κ1) is 11.3. The Bertz CT molecular complexity index is 199. The average Bonchev–Trinajstić information content (AvgIpc) is 2.54. The number of halogens is 3. The van der Waals surface area contributed by atoms with Crippen LogP contribution in [0.2, 0.25) is 0 Å². The second-order valence-corrected chi connectivity index (χ2v) is 3.43. The highest BCUT2D eigenvalue weighted by molar-refractivity contribution is 5.83. The van der Waals surface area contributed by atoms with Crippen LogP contribution in [0.3, 0.4) is 0 Å². The van der Waals surface area contributed by atoms with Crippen LogP contribution in [0.25, 0.3) is 0 Å². The maximum absolute atomic E-state index is 11.7. The van der Waals surface area contributed by atoms with E-state index in [-0.39, 0.29) is 6.42 Å². The summed E-state index contributed by atoms with van der Waals surface area (Å²) in [6, 6.07) is 0. The fraction of sp³-hybridized carbons (Fsp3) is 0.889. The Balaban J connectivity index is 1.94. The summed E-state index contributed by atoms with van der Waals surface area (Å²) < 4.78 is 35.2. The minimum atomic E-state index is -4.01. The zero-order valence-corrected chi connectivity index (χ0v) is 8.03. The average molecular weight is 208 g/mol. The van der Waals surface area contributed by atoms with Crippen molar-refractivity contribution in [2.75, 3.05) is 13.1 Å². The van der Waals surface area contributed by atoms with Gasteiger partial charge in [0.25, 0.3) is 0 Å². The summed E-state index contributed by atoms with van der Waals surface area (Å²) in [5.74, 6) is 0.956. The molecule has 1 N–H and O–H groups in total. The Labute approximate surface area is 81.6 Å². The van der Waals surface area contributed by atoms with Gasteiger partial charge in [-0.3, -0.25) is 4.99 Å². The van der Waals surface area contributed by atoms with Gasteiger partial charge in [-0.1, -0.05) is 0 Å². The van der Waals surface area contributed by atoms with Gasteiger partial charge in [-0.15, -0.1) is 0 Å². The van der Waals surface area contributed by atoms with Crippen molar-refractivity contribution in [3.05, 3.63) is 0 Å². The van der Waals surface area contributed by atoms with Crippen molar-refractivity contribution in [2.45, 2.75) is 38.3 Å². The third kappa shape index (κ3) is 5.09. The molecule has 0 aromatic carbocycles. The molecular weight excluding hydrogens is 193 g/mol. The first-order chi connectivity index (χ1) is 6.58. The van der Waals surface area contributed by atoms with Crippen LogP contribution in [0.15, 0.2) is 4.99 Å². The van der Waals surface area contributed by atoms with Crippen LogP contribution in [0.1, 0.15) is 32.1 Å². The molecule has 0 aliphatic carbocycles. The second-order valence-electron chi connectivity index (χ2n) is 3.43. The van der Waals surface area contributed by atoms with Gasteiger partial charge in [0.2, 0.25) is 0 Å². The zero-order chi connectivity index (χ0) is 10.4. The van der Waals surface area contributed by atoms with E-state index in [1.165, 1.54) is 0 Å². The summed E-state index contributed by atoms with van der Waals surface area (Å²) in [4.78, 5) is 4.17. The molecule has 0 aromatic rings. The topological polar surface area (TPSA) is 24.4 Å². The number of amidine groups is 1. The van der Waals surface area contributed by atoms with E-state index in [2.05, 4.69) is 10.3 Å². The van der Waals surface area contributed by atoms with E-state index >= 15 is 0 Å². The molecule has 0 bridgehead atoms. The van der Waals surface area contributed by atoms with E-state index in [0.29, 0.717) is 13.0 Å². The Kier molecular flexibility index (Phi) is 4.22. The van der Waals surface area contributed by atoms with Gasteiger partial charge in [0.05, 0.1) is 5.84 Å². The van der Waals surface area contributed by atoms with Crippen molar-refractivity contribution >= 4 is 5.84 Å². The molecule has 0 saturated heterocycles. The van der Waals surface area contributed by atoms with E-state index in [1.807, 2.05) is 0 Å². The summed E-state index contributed by atoms with van der Waals surface area (Å²) in [5, 5.41) is 3.05. The SMILES string of the molecule is FC(F)(F)CCCCNC1=NCCC1. The van der Waals surface area contributed by atoms with Crippen molar-refractivity contribution in [1.82, 2.24) is 5.32 Å². The lowest BCUT2D eigenvalue weighted by Gasteiger charge is -2.07. The Hall–Kier alpha value is -0.740. The third-order valence-corrected chi connectivity index (χ3v) is 2.09. The molecule has 0 atom stereocenters. The van der Waals surface area contributed by atoms with E-state index in [4.69, 9.17) is 0 Å². The van der Waals surface area contributed by atoms with Gasteiger partial charge in [-0.25, -0.2) is 0 Å². The Morgan fingerprint density at radius 3 is 2.64 bits per heavy atom. The number of aliphatic imine (C=N–C) groups is 1. The minimum Gasteiger partial charge on any atom is -0.374 e. The van der Waals surface area contributed by atoms with Crippen LogP contribution < -0.4 is 5.32 Å². The van der Waals surface area contributed by atoms with Gasteiger partial charge in [-0.2, -0.15) is 13.2 Å². The number of hydrogen-bond acceptors (Lipinski definition) is 2. The molecule has 14 heavy (non-hydrogen) atoms. The van der Waals surface area contributed by atoms with Gasteiger partial charge in [0.15, 0.2) is 0 Å². The molecule has 1 rings (SSSR count). The molecule has 0 aromatic heterocycles. The lowest BCUT2D eigenvalue weighted by molar-refractivity contribution is -0.135. The number of hydrogen-bond donors (Lipinski definition) is 1. The number of unbranched alkanes of at least 4 members (excludes halogenated alkanes) is 1. The lowest BCUT2D eigenvalue weighted by atomic mass is 10.2. The number of nitrogens with one attached hydrogen (secondary N) is 1. The monoisotopic (exact) mass is 208 g/mol. The molecule has 0 amide bonds. The molecule has 0 saturated carbocycles. The first-order valence-electron chi connectivity index (χ1n) is 4.92. The number of alkyl halides is 3. The number of nitrogens with zero attached hydrogens (tertiary/aromatic N) is 1. The first-order valence-corrected chi connectivity index (χ1v) is 4.92. The van der Waals surface area contributed by atoms with Crippen molar-refractivity contribution in [3.63, 3.8) is 0 Å². The highest BCUT2D eigenvalue weighted by atomic mass is 19.4. The predicted octanol–water partition coefficient (Wildman–Crippen LogP) is 2.50. The summed E-state index contributed by atoms with van der Waals surface area (Å²) in [6.07, 6.45) is -1.93. The fourth-order valence-corrected chi connectivity index (χ4v) is 1.37.